The Morgan fingerprint density at radius 3 is 2.87 bits per heavy atom. The third-order valence-electron chi connectivity index (χ3n) is 8.16. The van der Waals surface area contributed by atoms with E-state index in [1.54, 1.807) is 5.57 Å². The average molecular weight is 312 g/mol. The summed E-state index contributed by atoms with van der Waals surface area (Å²) < 4.78 is 0. The normalized spacial score (nSPS) is 48.7. The molecule has 0 saturated heterocycles. The molecule has 4 aliphatic carbocycles. The fraction of sp³-hybridized carbons (Fsp3) is 0.818. The molecule has 0 aromatic carbocycles. The highest BCUT2D eigenvalue weighted by Gasteiger charge is 2.63. The van der Waals surface area contributed by atoms with Gasteiger partial charge in [0.25, 0.3) is 0 Å². The van der Waals surface area contributed by atoms with Crippen molar-refractivity contribution in [3.05, 3.63) is 11.6 Å². The van der Waals surface area contributed by atoms with Crippen LogP contribution in [-0.2, 0) is 0 Å². The van der Waals surface area contributed by atoms with Gasteiger partial charge in [-0.15, -0.1) is 6.42 Å². The Hall–Kier alpha value is -0.740. The van der Waals surface area contributed by atoms with Gasteiger partial charge in [-0.25, -0.2) is 0 Å². The van der Waals surface area contributed by atoms with Crippen LogP contribution in [-0.4, -0.2) is 10.7 Å². The molecule has 0 unspecified atom stereocenters. The van der Waals surface area contributed by atoms with E-state index in [1.807, 2.05) is 0 Å². The summed E-state index contributed by atoms with van der Waals surface area (Å²) in [4.78, 5) is 0. The first kappa shape index (κ1) is 15.8. The van der Waals surface area contributed by atoms with Crippen LogP contribution in [0.4, 0.5) is 0 Å². The Bertz CT molecular complexity index is 541. The Morgan fingerprint density at radius 1 is 1.22 bits per heavy atom. The Kier molecular flexibility index (Phi) is 3.88. The van der Waals surface area contributed by atoms with Crippen LogP contribution in [0.15, 0.2) is 11.6 Å². The van der Waals surface area contributed by atoms with Gasteiger partial charge in [0.2, 0.25) is 0 Å². The minimum absolute atomic E-state index is 0.0214. The van der Waals surface area contributed by atoms with Crippen molar-refractivity contribution in [1.29, 1.82) is 0 Å². The third kappa shape index (κ3) is 2.10. The van der Waals surface area contributed by atoms with Gasteiger partial charge < -0.3 is 5.11 Å². The van der Waals surface area contributed by atoms with E-state index in [-0.39, 0.29) is 5.41 Å². The van der Waals surface area contributed by atoms with Crippen molar-refractivity contribution in [3.8, 4) is 12.3 Å². The summed E-state index contributed by atoms with van der Waals surface area (Å²) in [6, 6.07) is 0. The SMILES string of the molecule is C#C[C@]1(O)CC[C@H]2[C@@H]3CCC4=CCCC[C@@H]4[C@H]3CC[C@@]21CCC. The highest BCUT2D eigenvalue weighted by molar-refractivity contribution is 5.26. The van der Waals surface area contributed by atoms with Crippen molar-refractivity contribution in [2.75, 3.05) is 0 Å². The molecule has 4 rings (SSSR count). The van der Waals surface area contributed by atoms with E-state index >= 15 is 0 Å². The summed E-state index contributed by atoms with van der Waals surface area (Å²) in [6.45, 7) is 2.26. The highest BCUT2D eigenvalue weighted by Crippen LogP contribution is 2.66. The maximum atomic E-state index is 11.3. The first-order valence-corrected chi connectivity index (χ1v) is 10.0. The van der Waals surface area contributed by atoms with Gasteiger partial charge >= 0.3 is 0 Å². The van der Waals surface area contributed by atoms with Gasteiger partial charge in [-0.2, -0.15) is 0 Å². The van der Waals surface area contributed by atoms with E-state index < -0.39 is 5.60 Å². The van der Waals surface area contributed by atoms with E-state index in [9.17, 15) is 5.11 Å². The summed E-state index contributed by atoms with van der Waals surface area (Å²) in [5.41, 5.74) is 0.972. The number of fused-ring (bicyclic) bond motifs is 5. The number of rotatable bonds is 2. The summed E-state index contributed by atoms with van der Waals surface area (Å²) in [7, 11) is 0. The molecular weight excluding hydrogens is 280 g/mol. The minimum Gasteiger partial charge on any atom is -0.377 e. The molecule has 4 aliphatic rings. The molecule has 1 N–H and O–H groups in total. The molecule has 0 bridgehead atoms. The maximum absolute atomic E-state index is 11.3. The van der Waals surface area contributed by atoms with Gasteiger partial charge in [0.05, 0.1) is 0 Å². The van der Waals surface area contributed by atoms with E-state index in [1.165, 1.54) is 38.5 Å². The summed E-state index contributed by atoms with van der Waals surface area (Å²) in [5, 5.41) is 11.3. The fourth-order valence-electron chi connectivity index (χ4n) is 7.31. The van der Waals surface area contributed by atoms with E-state index in [0.29, 0.717) is 5.92 Å². The highest BCUT2D eigenvalue weighted by atomic mass is 16.3. The van der Waals surface area contributed by atoms with Gasteiger partial charge in [0.1, 0.15) is 5.60 Å². The van der Waals surface area contributed by atoms with Crippen LogP contribution < -0.4 is 0 Å². The number of aliphatic hydroxyl groups is 1. The van der Waals surface area contributed by atoms with E-state index in [0.717, 1.165) is 49.9 Å². The van der Waals surface area contributed by atoms with E-state index in [2.05, 4.69) is 18.9 Å². The van der Waals surface area contributed by atoms with Crippen molar-refractivity contribution in [2.24, 2.45) is 29.1 Å². The molecular formula is C22H32O. The zero-order chi connectivity index (χ0) is 16.1. The Labute approximate surface area is 141 Å². The molecule has 0 aliphatic heterocycles. The molecule has 6 atom stereocenters. The van der Waals surface area contributed by atoms with Crippen LogP contribution in [0.2, 0.25) is 0 Å². The van der Waals surface area contributed by atoms with Gasteiger partial charge in [-0.05, 0) is 87.9 Å². The number of hydrogen-bond acceptors (Lipinski definition) is 1. The molecule has 1 heteroatoms. The average Bonchev–Trinajstić information content (AvgIpc) is 2.89. The molecule has 126 valence electrons. The zero-order valence-electron chi connectivity index (χ0n) is 14.7. The van der Waals surface area contributed by atoms with Crippen LogP contribution in [0.5, 0.6) is 0 Å². The topological polar surface area (TPSA) is 20.2 Å². The lowest BCUT2D eigenvalue weighted by molar-refractivity contribution is -0.102. The second-order valence-corrected chi connectivity index (χ2v) is 8.78. The smallest absolute Gasteiger partial charge is 0.131 e. The van der Waals surface area contributed by atoms with E-state index in [4.69, 9.17) is 6.42 Å². The molecule has 0 radical (unpaired) electrons. The minimum atomic E-state index is -0.832. The number of terminal acetylenes is 1. The second-order valence-electron chi connectivity index (χ2n) is 8.78. The monoisotopic (exact) mass is 312 g/mol. The number of hydrogen-bond donors (Lipinski definition) is 1. The fourth-order valence-corrected chi connectivity index (χ4v) is 7.31. The van der Waals surface area contributed by atoms with Crippen molar-refractivity contribution in [2.45, 2.75) is 83.2 Å². The Morgan fingerprint density at radius 2 is 2.09 bits per heavy atom. The maximum Gasteiger partial charge on any atom is 0.131 e. The van der Waals surface area contributed by atoms with Crippen molar-refractivity contribution in [3.63, 3.8) is 0 Å². The van der Waals surface area contributed by atoms with Crippen molar-refractivity contribution < 1.29 is 5.11 Å². The summed E-state index contributed by atoms with van der Waals surface area (Å²) in [5.74, 6) is 6.09. The predicted octanol–water partition coefficient (Wildman–Crippen LogP) is 5.09. The first-order valence-electron chi connectivity index (χ1n) is 10.0. The molecule has 0 heterocycles. The van der Waals surface area contributed by atoms with Gasteiger partial charge in [-0.1, -0.05) is 30.9 Å². The third-order valence-corrected chi connectivity index (χ3v) is 8.16. The number of allylic oxidation sites excluding steroid dienone is 2. The molecule has 3 fully saturated rings. The first-order chi connectivity index (χ1) is 11.1. The molecule has 23 heavy (non-hydrogen) atoms. The molecule has 1 nitrogen and oxygen atoms in total. The lowest BCUT2D eigenvalue weighted by Crippen LogP contribution is -2.53. The summed E-state index contributed by atoms with van der Waals surface area (Å²) >= 11 is 0. The molecule has 0 spiro atoms. The zero-order valence-corrected chi connectivity index (χ0v) is 14.7. The molecule has 3 saturated carbocycles. The van der Waals surface area contributed by atoms with Crippen molar-refractivity contribution >= 4 is 0 Å². The van der Waals surface area contributed by atoms with Crippen LogP contribution in [0.25, 0.3) is 0 Å². The van der Waals surface area contributed by atoms with Gasteiger partial charge in [0.15, 0.2) is 0 Å². The molecule has 0 aromatic rings. The quantitative estimate of drug-likeness (QED) is 0.556. The van der Waals surface area contributed by atoms with Crippen LogP contribution >= 0.6 is 0 Å². The van der Waals surface area contributed by atoms with Crippen LogP contribution in [0.1, 0.15) is 77.6 Å². The largest absolute Gasteiger partial charge is 0.377 e. The summed E-state index contributed by atoms with van der Waals surface area (Å²) in [6.07, 6.45) is 21.9. The lowest BCUT2D eigenvalue weighted by atomic mass is 9.49. The predicted molar refractivity (Wildman–Crippen MR) is 94.7 cm³/mol. The standard InChI is InChI=1S/C22H32O/c1-3-13-21-14-11-18-17-8-6-5-7-16(17)9-10-19(18)20(21)12-15-22(21,23)4-2/h2,7,17-20,23H,3,5-6,8-15H2,1H3/t17-,18+,19+,20-,21-,22-/m0/s1. The lowest BCUT2D eigenvalue weighted by Gasteiger charge is -2.56. The van der Waals surface area contributed by atoms with Crippen molar-refractivity contribution in [1.82, 2.24) is 0 Å². The second kappa shape index (κ2) is 5.66. The Balaban J connectivity index is 1.67. The van der Waals surface area contributed by atoms with Crippen LogP contribution in [0.3, 0.4) is 0 Å². The molecule has 0 amide bonds. The molecule has 0 aromatic heterocycles. The van der Waals surface area contributed by atoms with Gasteiger partial charge in [-0.3, -0.25) is 0 Å². The van der Waals surface area contributed by atoms with Gasteiger partial charge in [0, 0.05) is 5.41 Å². The van der Waals surface area contributed by atoms with Crippen LogP contribution in [0, 0.1) is 41.4 Å².